The summed E-state index contributed by atoms with van der Waals surface area (Å²) in [5.74, 6) is 0.425. The van der Waals surface area contributed by atoms with E-state index in [0.29, 0.717) is 12.2 Å². The Bertz CT molecular complexity index is 673. The second-order valence-corrected chi connectivity index (χ2v) is 5.94. The van der Waals surface area contributed by atoms with Crippen molar-refractivity contribution in [3.63, 3.8) is 0 Å². The van der Waals surface area contributed by atoms with Gasteiger partial charge in [-0.3, -0.25) is 0 Å². The maximum absolute atomic E-state index is 13.3. The SMILES string of the molecule is Cc1cc(C)c(C2C[C@@H](N)c3cc(F)ccc3O2)c(C)c1. The van der Waals surface area contributed by atoms with Crippen molar-refractivity contribution >= 4 is 0 Å². The summed E-state index contributed by atoms with van der Waals surface area (Å²) >= 11 is 0. The Balaban J connectivity index is 2.02. The van der Waals surface area contributed by atoms with Crippen molar-refractivity contribution in [1.29, 1.82) is 0 Å². The Hall–Kier alpha value is -1.87. The normalized spacial score (nSPS) is 20.8. The van der Waals surface area contributed by atoms with Gasteiger partial charge in [-0.25, -0.2) is 4.39 Å². The van der Waals surface area contributed by atoms with Crippen LogP contribution in [0.4, 0.5) is 4.39 Å². The number of hydrogen-bond acceptors (Lipinski definition) is 2. The van der Waals surface area contributed by atoms with Gasteiger partial charge in [0.05, 0.1) is 0 Å². The van der Waals surface area contributed by atoms with Gasteiger partial charge in [0.15, 0.2) is 0 Å². The zero-order valence-electron chi connectivity index (χ0n) is 12.6. The number of halogens is 1. The summed E-state index contributed by atoms with van der Waals surface area (Å²) in [4.78, 5) is 0. The molecule has 2 atom stereocenters. The first-order valence-corrected chi connectivity index (χ1v) is 7.25. The third-order valence-corrected chi connectivity index (χ3v) is 4.17. The maximum Gasteiger partial charge on any atom is 0.126 e. The summed E-state index contributed by atoms with van der Waals surface area (Å²) < 4.78 is 19.4. The molecule has 0 bridgehead atoms. The molecule has 21 heavy (non-hydrogen) atoms. The first-order valence-electron chi connectivity index (χ1n) is 7.25. The van der Waals surface area contributed by atoms with E-state index in [2.05, 4.69) is 32.9 Å². The fraction of sp³-hybridized carbons (Fsp3) is 0.333. The number of rotatable bonds is 1. The number of fused-ring (bicyclic) bond motifs is 1. The van der Waals surface area contributed by atoms with Crippen LogP contribution in [-0.2, 0) is 0 Å². The lowest BCUT2D eigenvalue weighted by Gasteiger charge is -2.32. The third kappa shape index (κ3) is 2.54. The zero-order valence-corrected chi connectivity index (χ0v) is 12.6. The fourth-order valence-corrected chi connectivity index (χ4v) is 3.35. The monoisotopic (exact) mass is 285 g/mol. The van der Waals surface area contributed by atoms with Gasteiger partial charge in [0.2, 0.25) is 0 Å². The van der Waals surface area contributed by atoms with Crippen molar-refractivity contribution in [1.82, 2.24) is 0 Å². The number of aryl methyl sites for hydroxylation is 3. The van der Waals surface area contributed by atoms with Crippen molar-refractivity contribution in [3.05, 3.63) is 64.0 Å². The summed E-state index contributed by atoms with van der Waals surface area (Å²) in [6, 6.07) is 8.70. The molecule has 0 fully saturated rings. The topological polar surface area (TPSA) is 35.2 Å². The molecule has 0 amide bonds. The molecule has 0 aromatic heterocycles. The Kier molecular flexibility index (Phi) is 3.46. The maximum atomic E-state index is 13.3. The molecule has 110 valence electrons. The molecule has 1 heterocycles. The number of benzene rings is 2. The van der Waals surface area contributed by atoms with Crippen LogP contribution < -0.4 is 10.5 Å². The molecule has 3 rings (SSSR count). The lowest BCUT2D eigenvalue weighted by molar-refractivity contribution is 0.160. The molecule has 3 heteroatoms. The van der Waals surface area contributed by atoms with Crippen molar-refractivity contribution in [2.45, 2.75) is 39.3 Å². The summed E-state index contributed by atoms with van der Waals surface area (Å²) in [5, 5.41) is 0. The van der Waals surface area contributed by atoms with Crippen molar-refractivity contribution in [2.75, 3.05) is 0 Å². The van der Waals surface area contributed by atoms with E-state index in [1.54, 1.807) is 6.07 Å². The van der Waals surface area contributed by atoms with E-state index in [0.717, 1.165) is 5.56 Å². The lowest BCUT2D eigenvalue weighted by atomic mass is 9.88. The van der Waals surface area contributed by atoms with Crippen LogP contribution in [0.1, 0.15) is 46.4 Å². The first kappa shape index (κ1) is 14.1. The van der Waals surface area contributed by atoms with Crippen molar-refractivity contribution < 1.29 is 9.13 Å². The molecule has 2 nitrogen and oxygen atoms in total. The van der Waals surface area contributed by atoms with E-state index in [9.17, 15) is 4.39 Å². The highest BCUT2D eigenvalue weighted by atomic mass is 19.1. The smallest absolute Gasteiger partial charge is 0.126 e. The molecule has 2 aromatic carbocycles. The molecular weight excluding hydrogens is 265 g/mol. The lowest BCUT2D eigenvalue weighted by Crippen LogP contribution is -2.25. The minimum Gasteiger partial charge on any atom is -0.485 e. The summed E-state index contributed by atoms with van der Waals surface area (Å²) in [6.45, 7) is 6.30. The standard InChI is InChI=1S/C18H20FNO/c1-10-6-11(2)18(12(3)7-10)17-9-15(20)14-8-13(19)4-5-16(14)21-17/h4-8,15,17H,9,20H2,1-3H3/t15-,17?/m1/s1. The first-order chi connectivity index (χ1) is 9.95. The highest BCUT2D eigenvalue weighted by molar-refractivity contribution is 5.43. The Morgan fingerprint density at radius 3 is 2.43 bits per heavy atom. The number of hydrogen-bond donors (Lipinski definition) is 1. The van der Waals surface area contributed by atoms with Gasteiger partial charge in [-0.1, -0.05) is 17.7 Å². The molecule has 0 aliphatic carbocycles. The molecule has 0 saturated carbocycles. The molecule has 2 N–H and O–H groups in total. The second kappa shape index (κ2) is 5.15. The van der Waals surface area contributed by atoms with Gasteiger partial charge in [-0.05, 0) is 55.7 Å². The van der Waals surface area contributed by atoms with Crippen LogP contribution >= 0.6 is 0 Å². The van der Waals surface area contributed by atoms with Gasteiger partial charge in [0.25, 0.3) is 0 Å². The van der Waals surface area contributed by atoms with Gasteiger partial charge in [-0.15, -0.1) is 0 Å². The van der Waals surface area contributed by atoms with Gasteiger partial charge in [0.1, 0.15) is 17.7 Å². The predicted octanol–water partition coefficient (Wildman–Crippen LogP) is 4.27. The Morgan fingerprint density at radius 1 is 1.10 bits per heavy atom. The largest absolute Gasteiger partial charge is 0.485 e. The van der Waals surface area contributed by atoms with Crippen molar-refractivity contribution in [2.24, 2.45) is 5.73 Å². The minimum atomic E-state index is -0.269. The van der Waals surface area contributed by atoms with E-state index in [1.165, 1.54) is 34.4 Å². The second-order valence-electron chi connectivity index (χ2n) is 5.94. The summed E-state index contributed by atoms with van der Waals surface area (Å²) in [6.07, 6.45) is 0.597. The molecule has 0 radical (unpaired) electrons. The van der Waals surface area contributed by atoms with Crippen LogP contribution in [0.2, 0.25) is 0 Å². The fourth-order valence-electron chi connectivity index (χ4n) is 3.35. The minimum absolute atomic E-state index is 0.0708. The van der Waals surface area contributed by atoms with Crippen LogP contribution in [0.5, 0.6) is 5.75 Å². The van der Waals surface area contributed by atoms with Crippen LogP contribution in [0, 0.1) is 26.6 Å². The quantitative estimate of drug-likeness (QED) is 0.849. The van der Waals surface area contributed by atoms with E-state index >= 15 is 0 Å². The van der Waals surface area contributed by atoms with Gasteiger partial charge in [-0.2, -0.15) is 0 Å². The summed E-state index contributed by atoms with van der Waals surface area (Å²) in [5.41, 5.74) is 11.9. The van der Waals surface area contributed by atoms with Crippen LogP contribution in [0.25, 0.3) is 0 Å². The average Bonchev–Trinajstić information content (AvgIpc) is 2.38. The van der Waals surface area contributed by atoms with Gasteiger partial charge >= 0.3 is 0 Å². The molecule has 0 spiro atoms. The van der Waals surface area contributed by atoms with Crippen LogP contribution in [0.15, 0.2) is 30.3 Å². The van der Waals surface area contributed by atoms with E-state index in [-0.39, 0.29) is 18.0 Å². The Labute approximate surface area is 124 Å². The molecule has 2 aromatic rings. The van der Waals surface area contributed by atoms with Gasteiger partial charge in [0, 0.05) is 18.0 Å². The molecule has 0 saturated heterocycles. The molecule has 1 aliphatic heterocycles. The highest BCUT2D eigenvalue weighted by Gasteiger charge is 2.29. The van der Waals surface area contributed by atoms with E-state index in [1.807, 2.05) is 0 Å². The molecule has 1 aliphatic rings. The Morgan fingerprint density at radius 2 is 1.76 bits per heavy atom. The van der Waals surface area contributed by atoms with Crippen molar-refractivity contribution in [3.8, 4) is 5.75 Å². The van der Waals surface area contributed by atoms with Crippen LogP contribution in [0.3, 0.4) is 0 Å². The third-order valence-electron chi connectivity index (χ3n) is 4.17. The number of nitrogens with two attached hydrogens (primary N) is 1. The van der Waals surface area contributed by atoms with Crippen LogP contribution in [-0.4, -0.2) is 0 Å². The predicted molar refractivity (Wildman–Crippen MR) is 82.0 cm³/mol. The molecule has 1 unspecified atom stereocenters. The highest BCUT2D eigenvalue weighted by Crippen LogP contribution is 2.41. The molecular formula is C18H20FNO. The average molecular weight is 285 g/mol. The van der Waals surface area contributed by atoms with Gasteiger partial charge < -0.3 is 10.5 Å². The number of ether oxygens (including phenoxy) is 1. The summed E-state index contributed by atoms with van der Waals surface area (Å²) in [7, 11) is 0. The van der Waals surface area contributed by atoms with E-state index < -0.39 is 0 Å². The van der Waals surface area contributed by atoms with E-state index in [4.69, 9.17) is 10.5 Å². The zero-order chi connectivity index (χ0) is 15.1.